The lowest BCUT2D eigenvalue weighted by molar-refractivity contribution is 0.0377. The van der Waals surface area contributed by atoms with E-state index in [0.29, 0.717) is 12.0 Å². The molecule has 0 aromatic carbocycles. The van der Waals surface area contributed by atoms with E-state index in [0.717, 1.165) is 38.9 Å². The minimum Gasteiger partial charge on any atom is -0.381 e. The summed E-state index contributed by atoms with van der Waals surface area (Å²) >= 11 is 0. The number of nitrogens with one attached hydrogen (secondary N) is 1. The first-order valence-corrected chi connectivity index (χ1v) is 5.36. The van der Waals surface area contributed by atoms with Gasteiger partial charge in [-0.05, 0) is 31.6 Å². The molecule has 1 aliphatic heterocycles. The molecule has 0 aromatic rings. The number of terminal acetylenes is 1. The van der Waals surface area contributed by atoms with Gasteiger partial charge in [0.15, 0.2) is 0 Å². The van der Waals surface area contributed by atoms with E-state index in [9.17, 15) is 0 Å². The summed E-state index contributed by atoms with van der Waals surface area (Å²) in [5.41, 5.74) is 2.88. The van der Waals surface area contributed by atoms with Crippen molar-refractivity contribution in [3.8, 4) is 12.3 Å². The lowest BCUT2D eigenvalue weighted by atomic mass is 9.91. The zero-order valence-electron chi connectivity index (χ0n) is 8.67. The highest BCUT2D eigenvalue weighted by Gasteiger charge is 2.22. The van der Waals surface area contributed by atoms with Crippen LogP contribution in [0.5, 0.6) is 0 Å². The van der Waals surface area contributed by atoms with Gasteiger partial charge in [-0.1, -0.05) is 0 Å². The molecule has 1 saturated heterocycles. The van der Waals surface area contributed by atoms with Crippen LogP contribution in [-0.2, 0) is 4.74 Å². The van der Waals surface area contributed by atoms with Crippen molar-refractivity contribution in [3.63, 3.8) is 0 Å². The first kappa shape index (κ1) is 11.5. The molecule has 80 valence electrons. The van der Waals surface area contributed by atoms with E-state index in [4.69, 9.17) is 17.0 Å². The minimum absolute atomic E-state index is 0.364. The third kappa shape index (κ3) is 3.67. The van der Waals surface area contributed by atoms with E-state index in [2.05, 4.69) is 11.3 Å². The summed E-state index contributed by atoms with van der Waals surface area (Å²) < 4.78 is 5.44. The second-order valence-electron chi connectivity index (χ2n) is 3.85. The number of hydrogen-bond acceptors (Lipinski definition) is 3. The smallest absolute Gasteiger partial charge is 0.0509 e. The van der Waals surface area contributed by atoms with Gasteiger partial charge in [-0.25, -0.2) is 0 Å². The molecule has 1 rings (SSSR count). The van der Waals surface area contributed by atoms with Crippen molar-refractivity contribution in [2.45, 2.75) is 38.1 Å². The summed E-state index contributed by atoms with van der Waals surface area (Å²) in [5.74, 6) is 8.74. The van der Waals surface area contributed by atoms with Crippen LogP contribution in [0.1, 0.15) is 32.1 Å². The van der Waals surface area contributed by atoms with Gasteiger partial charge >= 0.3 is 0 Å². The zero-order valence-corrected chi connectivity index (χ0v) is 8.67. The van der Waals surface area contributed by atoms with Crippen LogP contribution >= 0.6 is 0 Å². The predicted molar refractivity (Wildman–Crippen MR) is 57.3 cm³/mol. The fraction of sp³-hybridized carbons (Fsp3) is 0.818. The zero-order chi connectivity index (χ0) is 10.2. The number of unbranched alkanes of at least 4 members (excludes halogenated alkanes) is 1. The summed E-state index contributed by atoms with van der Waals surface area (Å²) in [5, 5.41) is 0. The fourth-order valence-electron chi connectivity index (χ4n) is 1.96. The number of ether oxygens (including phenoxy) is 1. The lowest BCUT2D eigenvalue weighted by Crippen LogP contribution is -2.43. The molecule has 1 heterocycles. The van der Waals surface area contributed by atoms with Gasteiger partial charge < -0.3 is 4.74 Å². The van der Waals surface area contributed by atoms with Gasteiger partial charge in [0.25, 0.3) is 0 Å². The van der Waals surface area contributed by atoms with E-state index in [1.165, 1.54) is 6.42 Å². The minimum atomic E-state index is 0.364. The highest BCUT2D eigenvalue weighted by molar-refractivity contribution is 4.85. The van der Waals surface area contributed by atoms with Crippen LogP contribution in [0.15, 0.2) is 0 Å². The third-order valence-electron chi connectivity index (χ3n) is 2.81. The largest absolute Gasteiger partial charge is 0.381 e. The molecule has 14 heavy (non-hydrogen) atoms. The van der Waals surface area contributed by atoms with E-state index in [1.807, 2.05) is 0 Å². The number of rotatable bonds is 5. The van der Waals surface area contributed by atoms with Crippen molar-refractivity contribution in [3.05, 3.63) is 0 Å². The molecule has 0 aromatic heterocycles. The maximum Gasteiger partial charge on any atom is 0.0509 e. The van der Waals surface area contributed by atoms with E-state index in [1.54, 1.807) is 0 Å². The lowest BCUT2D eigenvalue weighted by Gasteiger charge is -2.29. The normalized spacial score (nSPS) is 24.1. The Morgan fingerprint density at radius 3 is 3.07 bits per heavy atom. The Morgan fingerprint density at radius 2 is 2.50 bits per heavy atom. The molecule has 2 atom stereocenters. The average Bonchev–Trinajstić information content (AvgIpc) is 2.26. The molecule has 0 saturated carbocycles. The Hall–Kier alpha value is -0.560. The maximum atomic E-state index is 5.53. The van der Waals surface area contributed by atoms with Crippen LogP contribution in [0.2, 0.25) is 0 Å². The molecule has 0 aliphatic carbocycles. The number of nitrogens with two attached hydrogens (primary N) is 1. The van der Waals surface area contributed by atoms with Crippen molar-refractivity contribution in [2.24, 2.45) is 11.8 Å². The Morgan fingerprint density at radius 1 is 1.64 bits per heavy atom. The van der Waals surface area contributed by atoms with Crippen LogP contribution in [0.3, 0.4) is 0 Å². The van der Waals surface area contributed by atoms with Gasteiger partial charge in [0.05, 0.1) is 6.61 Å². The second kappa shape index (κ2) is 6.83. The molecule has 0 spiro atoms. The van der Waals surface area contributed by atoms with Gasteiger partial charge in [-0.2, -0.15) is 0 Å². The summed E-state index contributed by atoms with van der Waals surface area (Å²) in [6.45, 7) is 1.74. The molecule has 1 fully saturated rings. The third-order valence-corrected chi connectivity index (χ3v) is 2.81. The van der Waals surface area contributed by atoms with Gasteiger partial charge in [0.2, 0.25) is 0 Å². The maximum absolute atomic E-state index is 5.53. The van der Waals surface area contributed by atoms with Crippen molar-refractivity contribution in [1.29, 1.82) is 0 Å². The number of hydrazine groups is 1. The highest BCUT2D eigenvalue weighted by Crippen LogP contribution is 2.20. The quantitative estimate of drug-likeness (QED) is 0.299. The summed E-state index contributed by atoms with van der Waals surface area (Å²) in [4.78, 5) is 0. The Bertz CT molecular complexity index is 182. The first-order chi connectivity index (χ1) is 6.88. The summed E-state index contributed by atoms with van der Waals surface area (Å²) in [7, 11) is 0. The molecule has 1 aliphatic rings. The summed E-state index contributed by atoms with van der Waals surface area (Å²) in [6.07, 6.45) is 10.5. The predicted octanol–water partition coefficient (Wildman–Crippen LogP) is 1.05. The SMILES string of the molecule is C#CCCCC(NN)C1CCCOC1. The van der Waals surface area contributed by atoms with Crippen LogP contribution in [0, 0.1) is 18.3 Å². The standard InChI is InChI=1S/C11H20N2O/c1-2-3-4-7-11(13-12)10-6-5-8-14-9-10/h1,10-11,13H,3-9,12H2. The summed E-state index contributed by atoms with van der Waals surface area (Å²) in [6, 6.07) is 0.364. The fourth-order valence-corrected chi connectivity index (χ4v) is 1.96. The molecule has 3 nitrogen and oxygen atoms in total. The van der Waals surface area contributed by atoms with E-state index >= 15 is 0 Å². The van der Waals surface area contributed by atoms with Gasteiger partial charge in [0, 0.05) is 19.1 Å². The molecular weight excluding hydrogens is 176 g/mol. The highest BCUT2D eigenvalue weighted by atomic mass is 16.5. The van der Waals surface area contributed by atoms with Gasteiger partial charge in [-0.3, -0.25) is 11.3 Å². The van der Waals surface area contributed by atoms with Crippen molar-refractivity contribution in [1.82, 2.24) is 5.43 Å². The van der Waals surface area contributed by atoms with Gasteiger partial charge in [-0.15, -0.1) is 12.3 Å². The molecule has 0 radical (unpaired) electrons. The molecule has 0 amide bonds. The average molecular weight is 196 g/mol. The Labute approximate surface area is 86.4 Å². The molecule has 3 heteroatoms. The van der Waals surface area contributed by atoms with Crippen molar-refractivity contribution >= 4 is 0 Å². The van der Waals surface area contributed by atoms with Crippen LogP contribution in [-0.4, -0.2) is 19.3 Å². The topological polar surface area (TPSA) is 47.3 Å². The van der Waals surface area contributed by atoms with Crippen LogP contribution in [0.4, 0.5) is 0 Å². The van der Waals surface area contributed by atoms with Crippen LogP contribution in [0.25, 0.3) is 0 Å². The first-order valence-electron chi connectivity index (χ1n) is 5.36. The molecule has 0 bridgehead atoms. The molecule has 2 unspecified atom stereocenters. The van der Waals surface area contributed by atoms with E-state index < -0.39 is 0 Å². The van der Waals surface area contributed by atoms with Gasteiger partial charge in [0.1, 0.15) is 0 Å². The monoisotopic (exact) mass is 196 g/mol. The van der Waals surface area contributed by atoms with Crippen molar-refractivity contribution < 1.29 is 4.74 Å². The Balaban J connectivity index is 2.25. The van der Waals surface area contributed by atoms with E-state index in [-0.39, 0.29) is 0 Å². The Kier molecular flexibility index (Phi) is 5.62. The van der Waals surface area contributed by atoms with Crippen LogP contribution < -0.4 is 11.3 Å². The molecular formula is C11H20N2O. The molecule has 3 N–H and O–H groups in total. The second-order valence-corrected chi connectivity index (χ2v) is 3.85. The number of hydrogen-bond donors (Lipinski definition) is 2. The van der Waals surface area contributed by atoms with Crippen molar-refractivity contribution in [2.75, 3.05) is 13.2 Å².